The average molecular weight is 402 g/mol. The van der Waals surface area contributed by atoms with Crippen molar-refractivity contribution in [3.8, 4) is 0 Å². The largest absolute Gasteiger partial charge is 0.479 e. The number of ether oxygens (including phenoxy) is 2. The van der Waals surface area contributed by atoms with Gasteiger partial charge in [0.2, 0.25) is 0 Å². The Balaban J connectivity index is 1.58. The number of hydrogen-bond acceptors (Lipinski definition) is 4. The summed E-state index contributed by atoms with van der Waals surface area (Å²) in [5.74, 6) is -1.34. The molecule has 1 N–H and O–H groups in total. The van der Waals surface area contributed by atoms with E-state index in [0.29, 0.717) is 0 Å². The van der Waals surface area contributed by atoms with Crippen molar-refractivity contribution in [2.75, 3.05) is 0 Å². The second kappa shape index (κ2) is 9.26. The zero-order valence-electron chi connectivity index (χ0n) is 16.9. The minimum atomic E-state index is -1.28. The summed E-state index contributed by atoms with van der Waals surface area (Å²) >= 11 is 0. The highest BCUT2D eigenvalue weighted by Gasteiger charge is 2.49. The van der Waals surface area contributed by atoms with E-state index in [9.17, 15) is 14.7 Å². The molecule has 6 nitrogen and oxygen atoms in total. The molecule has 3 fully saturated rings. The summed E-state index contributed by atoms with van der Waals surface area (Å²) in [6.45, 7) is 0. The van der Waals surface area contributed by atoms with E-state index < -0.39 is 24.5 Å². The molecule has 0 radical (unpaired) electrons. The standard InChI is InChI=1S/C23H31NO5/c25-21(24(17-12-6-2-7-13-17)18-14-8-3-9-15-18)19-20(22(26)27)29-23(28-19)16-10-4-1-5-11-16/h1,4-5,10-11,17-20,23H,2-3,6-9,12-15H2,(H,26,27). The monoisotopic (exact) mass is 401 g/mol. The van der Waals surface area contributed by atoms with E-state index in [1.54, 1.807) is 0 Å². The third-order valence-electron chi connectivity index (χ3n) is 6.56. The predicted molar refractivity (Wildman–Crippen MR) is 107 cm³/mol. The highest BCUT2D eigenvalue weighted by Crippen LogP contribution is 2.36. The van der Waals surface area contributed by atoms with Crippen LogP contribution in [0.5, 0.6) is 0 Å². The summed E-state index contributed by atoms with van der Waals surface area (Å²) in [5, 5.41) is 9.72. The van der Waals surface area contributed by atoms with Crippen molar-refractivity contribution < 1.29 is 24.2 Å². The number of amides is 1. The fraction of sp³-hybridized carbons (Fsp3) is 0.652. The first-order valence-corrected chi connectivity index (χ1v) is 11.1. The zero-order valence-corrected chi connectivity index (χ0v) is 16.9. The van der Waals surface area contributed by atoms with Gasteiger partial charge in [-0.25, -0.2) is 4.79 Å². The molecule has 6 heteroatoms. The number of carbonyl (C=O) groups is 2. The molecular weight excluding hydrogens is 370 g/mol. The lowest BCUT2D eigenvalue weighted by Gasteiger charge is -2.42. The Morgan fingerprint density at radius 3 is 1.83 bits per heavy atom. The summed E-state index contributed by atoms with van der Waals surface area (Å²) in [5.41, 5.74) is 0.732. The van der Waals surface area contributed by atoms with Gasteiger partial charge in [-0.1, -0.05) is 68.9 Å². The Hall–Kier alpha value is -1.92. The fourth-order valence-corrected chi connectivity index (χ4v) is 5.11. The second-order valence-electron chi connectivity index (χ2n) is 8.52. The Bertz CT molecular complexity index is 678. The van der Waals surface area contributed by atoms with Gasteiger partial charge in [0, 0.05) is 17.6 Å². The molecule has 1 amide bonds. The molecule has 1 heterocycles. The van der Waals surface area contributed by atoms with E-state index >= 15 is 0 Å². The predicted octanol–water partition coefficient (Wildman–Crippen LogP) is 4.05. The van der Waals surface area contributed by atoms with Crippen molar-refractivity contribution in [3.05, 3.63) is 35.9 Å². The maximum absolute atomic E-state index is 13.7. The van der Waals surface area contributed by atoms with E-state index in [1.165, 1.54) is 12.8 Å². The summed E-state index contributed by atoms with van der Waals surface area (Å²) in [6.07, 6.45) is 7.69. The molecule has 4 rings (SSSR count). The molecule has 1 saturated heterocycles. The van der Waals surface area contributed by atoms with Crippen LogP contribution >= 0.6 is 0 Å². The normalized spacial score (nSPS) is 28.9. The molecule has 1 aliphatic heterocycles. The zero-order chi connectivity index (χ0) is 20.2. The molecule has 0 spiro atoms. The number of carboxylic acids is 1. The minimum absolute atomic E-state index is 0.188. The van der Waals surface area contributed by atoms with Crippen LogP contribution in [0.2, 0.25) is 0 Å². The van der Waals surface area contributed by atoms with Crippen LogP contribution in [-0.4, -0.2) is 46.2 Å². The quantitative estimate of drug-likeness (QED) is 0.806. The fourth-order valence-electron chi connectivity index (χ4n) is 5.11. The summed E-state index contributed by atoms with van der Waals surface area (Å²) in [7, 11) is 0. The first-order chi connectivity index (χ1) is 14.1. The van der Waals surface area contributed by atoms with Crippen LogP contribution in [0, 0.1) is 0 Å². The summed E-state index contributed by atoms with van der Waals surface area (Å²) in [6, 6.07) is 9.62. The van der Waals surface area contributed by atoms with Crippen molar-refractivity contribution in [1.82, 2.24) is 4.90 Å². The second-order valence-corrected chi connectivity index (χ2v) is 8.52. The Kier molecular flexibility index (Phi) is 6.50. The maximum Gasteiger partial charge on any atom is 0.336 e. The van der Waals surface area contributed by atoms with Gasteiger partial charge in [-0.2, -0.15) is 0 Å². The molecule has 3 atom stereocenters. The molecule has 158 valence electrons. The lowest BCUT2D eigenvalue weighted by atomic mass is 9.88. The number of hydrogen-bond donors (Lipinski definition) is 1. The van der Waals surface area contributed by atoms with Crippen molar-refractivity contribution in [2.24, 2.45) is 0 Å². The van der Waals surface area contributed by atoms with Gasteiger partial charge in [0.05, 0.1) is 0 Å². The third-order valence-corrected chi connectivity index (χ3v) is 6.56. The van der Waals surface area contributed by atoms with Gasteiger partial charge >= 0.3 is 5.97 Å². The Morgan fingerprint density at radius 1 is 0.793 bits per heavy atom. The van der Waals surface area contributed by atoms with E-state index in [4.69, 9.17) is 9.47 Å². The van der Waals surface area contributed by atoms with E-state index in [-0.39, 0.29) is 18.0 Å². The van der Waals surface area contributed by atoms with Gasteiger partial charge in [-0.05, 0) is 25.7 Å². The number of rotatable bonds is 5. The SMILES string of the molecule is O=C(O)C1OC(c2ccccc2)OC1C(=O)N(C1CCCCC1)C1CCCCC1. The smallest absolute Gasteiger partial charge is 0.336 e. The number of benzene rings is 1. The summed E-state index contributed by atoms with van der Waals surface area (Å²) < 4.78 is 11.6. The van der Waals surface area contributed by atoms with Gasteiger partial charge in [0.15, 0.2) is 18.5 Å². The first-order valence-electron chi connectivity index (χ1n) is 11.1. The topological polar surface area (TPSA) is 76.1 Å². The van der Waals surface area contributed by atoms with E-state index in [2.05, 4.69) is 0 Å². The lowest BCUT2D eigenvalue weighted by Crippen LogP contribution is -2.55. The molecular formula is C23H31NO5. The van der Waals surface area contributed by atoms with Crippen molar-refractivity contribution in [2.45, 2.75) is 94.8 Å². The number of carbonyl (C=O) groups excluding carboxylic acids is 1. The van der Waals surface area contributed by atoms with Crippen LogP contribution in [-0.2, 0) is 19.1 Å². The van der Waals surface area contributed by atoms with Crippen LogP contribution in [0.1, 0.15) is 76.1 Å². The van der Waals surface area contributed by atoms with Crippen molar-refractivity contribution >= 4 is 11.9 Å². The van der Waals surface area contributed by atoms with Crippen LogP contribution in [0.3, 0.4) is 0 Å². The molecule has 0 bridgehead atoms. The Labute approximate surface area is 172 Å². The molecule has 1 aromatic rings. The Morgan fingerprint density at radius 2 is 1.31 bits per heavy atom. The van der Waals surface area contributed by atoms with Gasteiger partial charge in [0.1, 0.15) is 0 Å². The molecule has 0 aromatic heterocycles. The van der Waals surface area contributed by atoms with Gasteiger partial charge in [0.25, 0.3) is 5.91 Å². The van der Waals surface area contributed by atoms with Gasteiger partial charge < -0.3 is 19.5 Å². The average Bonchev–Trinajstić information content (AvgIpc) is 3.22. The molecule has 3 unspecified atom stereocenters. The highest BCUT2D eigenvalue weighted by atomic mass is 16.7. The number of nitrogens with zero attached hydrogens (tertiary/aromatic N) is 1. The minimum Gasteiger partial charge on any atom is -0.479 e. The lowest BCUT2D eigenvalue weighted by molar-refractivity contribution is -0.156. The van der Waals surface area contributed by atoms with Crippen LogP contribution in [0.4, 0.5) is 0 Å². The summed E-state index contributed by atoms with van der Waals surface area (Å²) in [4.78, 5) is 27.6. The van der Waals surface area contributed by atoms with Gasteiger partial charge in [-0.15, -0.1) is 0 Å². The van der Waals surface area contributed by atoms with E-state index in [0.717, 1.165) is 56.9 Å². The maximum atomic E-state index is 13.7. The molecule has 1 aromatic carbocycles. The highest BCUT2D eigenvalue weighted by molar-refractivity contribution is 5.89. The van der Waals surface area contributed by atoms with Gasteiger partial charge in [-0.3, -0.25) is 4.79 Å². The molecule has 3 aliphatic rings. The number of aliphatic carboxylic acids is 1. The van der Waals surface area contributed by atoms with Crippen LogP contribution < -0.4 is 0 Å². The van der Waals surface area contributed by atoms with Crippen molar-refractivity contribution in [3.63, 3.8) is 0 Å². The van der Waals surface area contributed by atoms with E-state index in [1.807, 2.05) is 35.2 Å². The van der Waals surface area contributed by atoms with Crippen molar-refractivity contribution in [1.29, 1.82) is 0 Å². The molecule has 29 heavy (non-hydrogen) atoms. The van der Waals surface area contributed by atoms with Crippen LogP contribution in [0.15, 0.2) is 30.3 Å². The number of carboxylic acid groups (broad SMARTS) is 1. The van der Waals surface area contributed by atoms with Crippen LogP contribution in [0.25, 0.3) is 0 Å². The first kappa shape index (κ1) is 20.4. The molecule has 2 saturated carbocycles. The molecule has 2 aliphatic carbocycles. The third kappa shape index (κ3) is 4.48.